The molecule has 5 rings (SSSR count). The molecule has 3 heterocycles. The van der Waals surface area contributed by atoms with Crippen molar-refractivity contribution in [1.82, 2.24) is 35.2 Å². The van der Waals surface area contributed by atoms with Crippen LogP contribution in [0.3, 0.4) is 0 Å². The molecule has 7 nitrogen and oxygen atoms in total. The number of hydrogen-bond acceptors (Lipinski definition) is 7. The molecule has 0 saturated carbocycles. The Hall–Kier alpha value is -3.65. The SMILES string of the molecule is Cc1cc(C)cc(-n2nnnc2Sc2nc(-c3cccnc3)nc3ccccc23)c1. The van der Waals surface area contributed by atoms with Crippen LogP contribution in [0.25, 0.3) is 28.0 Å². The third kappa shape index (κ3) is 3.53. The Balaban J connectivity index is 1.62. The number of tetrazole rings is 1. The fourth-order valence-electron chi connectivity index (χ4n) is 3.31. The molecule has 0 aliphatic carbocycles. The van der Waals surface area contributed by atoms with Gasteiger partial charge in [-0.2, -0.15) is 4.68 Å². The first-order valence-electron chi connectivity index (χ1n) is 9.39. The van der Waals surface area contributed by atoms with E-state index >= 15 is 0 Å². The molecule has 0 atom stereocenters. The van der Waals surface area contributed by atoms with Gasteiger partial charge in [0.05, 0.1) is 11.2 Å². The molecule has 0 radical (unpaired) electrons. The van der Waals surface area contributed by atoms with Crippen LogP contribution in [-0.2, 0) is 0 Å². The number of para-hydroxylation sites is 1. The molecule has 0 bridgehead atoms. The summed E-state index contributed by atoms with van der Waals surface area (Å²) in [4.78, 5) is 13.7. The van der Waals surface area contributed by atoms with E-state index in [4.69, 9.17) is 9.97 Å². The van der Waals surface area contributed by atoms with Crippen LogP contribution in [0.4, 0.5) is 0 Å². The third-order valence-electron chi connectivity index (χ3n) is 4.57. The van der Waals surface area contributed by atoms with Gasteiger partial charge in [-0.15, -0.1) is 5.10 Å². The van der Waals surface area contributed by atoms with E-state index in [2.05, 4.69) is 52.6 Å². The summed E-state index contributed by atoms with van der Waals surface area (Å²) in [5.41, 5.74) is 4.95. The highest BCUT2D eigenvalue weighted by Gasteiger charge is 2.16. The maximum absolute atomic E-state index is 4.82. The summed E-state index contributed by atoms with van der Waals surface area (Å²) in [6.45, 7) is 4.12. The molecule has 2 aromatic carbocycles. The summed E-state index contributed by atoms with van der Waals surface area (Å²) in [7, 11) is 0. The van der Waals surface area contributed by atoms with E-state index < -0.39 is 0 Å². The smallest absolute Gasteiger partial charge is 0.220 e. The van der Waals surface area contributed by atoms with Gasteiger partial charge in [-0.3, -0.25) is 4.98 Å². The number of nitrogens with zero attached hydrogens (tertiary/aromatic N) is 7. The number of aromatic nitrogens is 7. The Morgan fingerprint density at radius 1 is 0.900 bits per heavy atom. The zero-order valence-corrected chi connectivity index (χ0v) is 17.2. The largest absolute Gasteiger partial charge is 0.264 e. The van der Waals surface area contributed by atoms with E-state index in [9.17, 15) is 0 Å². The molecule has 0 spiro atoms. The number of hydrogen-bond donors (Lipinski definition) is 0. The van der Waals surface area contributed by atoms with Crippen LogP contribution >= 0.6 is 11.8 Å². The van der Waals surface area contributed by atoms with E-state index in [1.807, 2.05) is 36.4 Å². The van der Waals surface area contributed by atoms with E-state index in [0.717, 1.165) is 38.3 Å². The second-order valence-corrected chi connectivity index (χ2v) is 7.89. The maximum Gasteiger partial charge on any atom is 0.220 e. The minimum atomic E-state index is 0.620. The summed E-state index contributed by atoms with van der Waals surface area (Å²) < 4.78 is 1.74. The number of aryl methyl sites for hydroxylation is 2. The molecular weight excluding hydrogens is 394 g/mol. The fourth-order valence-corrected chi connectivity index (χ4v) is 4.21. The van der Waals surface area contributed by atoms with Gasteiger partial charge in [-0.1, -0.05) is 24.3 Å². The molecule has 0 aliphatic heterocycles. The number of fused-ring (bicyclic) bond motifs is 1. The lowest BCUT2D eigenvalue weighted by Gasteiger charge is -2.09. The molecule has 0 amide bonds. The lowest BCUT2D eigenvalue weighted by atomic mass is 10.1. The standard InChI is InChI=1S/C22H17N7S/c1-14-10-15(2)12-17(11-14)29-22(26-27-28-29)30-21-18-7-3-4-8-19(18)24-20(25-21)16-6-5-9-23-13-16/h3-13H,1-2H3. The highest BCUT2D eigenvalue weighted by atomic mass is 32.2. The number of rotatable bonds is 4. The average Bonchev–Trinajstić information content (AvgIpc) is 3.22. The monoisotopic (exact) mass is 411 g/mol. The second-order valence-electron chi connectivity index (χ2n) is 6.93. The molecule has 0 fully saturated rings. The number of pyridine rings is 1. The predicted octanol–water partition coefficient (Wildman–Crippen LogP) is 4.44. The van der Waals surface area contributed by atoms with Gasteiger partial charge < -0.3 is 0 Å². The van der Waals surface area contributed by atoms with E-state index in [0.29, 0.717) is 11.0 Å². The average molecular weight is 411 g/mol. The zero-order valence-electron chi connectivity index (χ0n) is 16.4. The van der Waals surface area contributed by atoms with Crippen molar-refractivity contribution in [2.24, 2.45) is 0 Å². The van der Waals surface area contributed by atoms with Gasteiger partial charge >= 0.3 is 0 Å². The van der Waals surface area contributed by atoms with E-state index in [1.54, 1.807) is 17.1 Å². The topological polar surface area (TPSA) is 82.3 Å². The second kappa shape index (κ2) is 7.64. The Morgan fingerprint density at radius 3 is 2.53 bits per heavy atom. The summed E-state index contributed by atoms with van der Waals surface area (Å²) in [6.07, 6.45) is 3.50. The molecule has 0 unspecified atom stereocenters. The first-order chi connectivity index (χ1) is 14.7. The van der Waals surface area contributed by atoms with Crippen molar-refractivity contribution >= 4 is 22.7 Å². The summed E-state index contributed by atoms with van der Waals surface area (Å²) >= 11 is 1.42. The molecule has 0 N–H and O–H groups in total. The Labute approximate surface area is 177 Å². The maximum atomic E-state index is 4.82. The molecule has 3 aromatic heterocycles. The Kier molecular flexibility index (Phi) is 4.68. The summed E-state index contributed by atoms with van der Waals surface area (Å²) in [5.74, 6) is 0.620. The van der Waals surface area contributed by atoms with Gasteiger partial charge in [0.1, 0.15) is 5.03 Å². The van der Waals surface area contributed by atoms with Gasteiger partial charge in [0.25, 0.3) is 0 Å². The van der Waals surface area contributed by atoms with Gasteiger partial charge in [0, 0.05) is 23.3 Å². The van der Waals surface area contributed by atoms with Crippen LogP contribution in [0.2, 0.25) is 0 Å². The van der Waals surface area contributed by atoms with Crippen molar-refractivity contribution in [3.63, 3.8) is 0 Å². The Morgan fingerprint density at radius 2 is 1.73 bits per heavy atom. The van der Waals surface area contributed by atoms with Crippen molar-refractivity contribution in [3.8, 4) is 17.1 Å². The van der Waals surface area contributed by atoms with E-state index in [1.165, 1.54) is 11.8 Å². The van der Waals surface area contributed by atoms with Crippen molar-refractivity contribution < 1.29 is 0 Å². The van der Waals surface area contributed by atoms with Crippen molar-refractivity contribution in [3.05, 3.63) is 78.1 Å². The lowest BCUT2D eigenvalue weighted by Crippen LogP contribution is -2.01. The van der Waals surface area contributed by atoms with Crippen molar-refractivity contribution in [1.29, 1.82) is 0 Å². The Bertz CT molecular complexity index is 1330. The third-order valence-corrected chi connectivity index (χ3v) is 5.51. The van der Waals surface area contributed by atoms with Crippen LogP contribution in [0.5, 0.6) is 0 Å². The highest BCUT2D eigenvalue weighted by molar-refractivity contribution is 7.99. The summed E-state index contributed by atoms with van der Waals surface area (Å²) in [5, 5.41) is 14.7. The van der Waals surface area contributed by atoms with Crippen LogP contribution in [0, 0.1) is 13.8 Å². The van der Waals surface area contributed by atoms with Crippen LogP contribution < -0.4 is 0 Å². The van der Waals surface area contributed by atoms with E-state index in [-0.39, 0.29) is 0 Å². The van der Waals surface area contributed by atoms with Crippen LogP contribution in [0.15, 0.2) is 77.2 Å². The first-order valence-corrected chi connectivity index (χ1v) is 10.2. The quantitative estimate of drug-likeness (QED) is 0.404. The molecular formula is C22H17N7S. The van der Waals surface area contributed by atoms with Gasteiger partial charge in [-0.05, 0) is 77.5 Å². The first kappa shape index (κ1) is 18.4. The molecule has 30 heavy (non-hydrogen) atoms. The minimum Gasteiger partial charge on any atom is -0.264 e. The van der Waals surface area contributed by atoms with Crippen molar-refractivity contribution in [2.75, 3.05) is 0 Å². The zero-order chi connectivity index (χ0) is 20.5. The molecule has 8 heteroatoms. The molecule has 146 valence electrons. The van der Waals surface area contributed by atoms with Gasteiger partial charge in [0.2, 0.25) is 5.16 Å². The van der Waals surface area contributed by atoms with Crippen molar-refractivity contribution in [2.45, 2.75) is 24.0 Å². The predicted molar refractivity (Wildman–Crippen MR) is 116 cm³/mol. The molecule has 0 saturated heterocycles. The lowest BCUT2D eigenvalue weighted by molar-refractivity contribution is 0.754. The molecule has 5 aromatic rings. The van der Waals surface area contributed by atoms with Gasteiger partial charge in [0.15, 0.2) is 5.82 Å². The van der Waals surface area contributed by atoms with Crippen LogP contribution in [-0.4, -0.2) is 35.2 Å². The van der Waals surface area contributed by atoms with Gasteiger partial charge in [-0.25, -0.2) is 9.97 Å². The van der Waals surface area contributed by atoms with Crippen LogP contribution in [0.1, 0.15) is 11.1 Å². The summed E-state index contributed by atoms with van der Waals surface area (Å²) in [6, 6.07) is 18.0. The normalized spacial score (nSPS) is 11.1. The highest BCUT2D eigenvalue weighted by Crippen LogP contribution is 2.33. The molecule has 0 aliphatic rings. The fraction of sp³-hybridized carbons (Fsp3) is 0.0909. The number of benzene rings is 2. The minimum absolute atomic E-state index is 0.620.